The van der Waals surface area contributed by atoms with Gasteiger partial charge in [-0.15, -0.1) is 0 Å². The van der Waals surface area contributed by atoms with Crippen LogP contribution in [0, 0.1) is 5.92 Å². The lowest BCUT2D eigenvalue weighted by Gasteiger charge is -2.37. The molecule has 0 bridgehead atoms. The van der Waals surface area contributed by atoms with Crippen molar-refractivity contribution in [1.29, 1.82) is 0 Å². The van der Waals surface area contributed by atoms with Crippen molar-refractivity contribution in [2.45, 2.75) is 32.2 Å². The molecule has 2 rings (SSSR count). The van der Waals surface area contributed by atoms with Gasteiger partial charge in [-0.05, 0) is 25.3 Å². The largest absolute Gasteiger partial charge is 0.315 e. The summed E-state index contributed by atoms with van der Waals surface area (Å²) in [5, 5.41) is 3.49. The molecular formula is C10H20N2. The number of nitrogens with zero attached hydrogens (tertiary/aromatic N) is 1. The molecule has 1 heterocycles. The quantitative estimate of drug-likeness (QED) is 0.630. The van der Waals surface area contributed by atoms with Crippen LogP contribution in [0.1, 0.15) is 26.2 Å². The Hall–Kier alpha value is -0.0800. The zero-order chi connectivity index (χ0) is 8.39. The third-order valence-electron chi connectivity index (χ3n) is 3.21. The van der Waals surface area contributed by atoms with Crippen LogP contribution in [0.3, 0.4) is 0 Å². The normalized spacial score (nSPS) is 34.2. The van der Waals surface area contributed by atoms with Crippen molar-refractivity contribution >= 4 is 0 Å². The topological polar surface area (TPSA) is 15.3 Å². The van der Waals surface area contributed by atoms with Gasteiger partial charge in [0, 0.05) is 25.7 Å². The summed E-state index contributed by atoms with van der Waals surface area (Å²) >= 11 is 0. The average Bonchev–Trinajstić information content (AvgIpc) is 2.10. The summed E-state index contributed by atoms with van der Waals surface area (Å²) in [6, 6.07) is 0.937. The van der Waals surface area contributed by atoms with Crippen LogP contribution in [0.5, 0.6) is 0 Å². The summed E-state index contributed by atoms with van der Waals surface area (Å²) in [7, 11) is 0. The van der Waals surface area contributed by atoms with Gasteiger partial charge in [0.15, 0.2) is 0 Å². The van der Waals surface area contributed by atoms with Gasteiger partial charge in [-0.25, -0.2) is 0 Å². The van der Waals surface area contributed by atoms with Crippen LogP contribution in [0.25, 0.3) is 0 Å². The molecule has 1 saturated carbocycles. The standard InChI is InChI=1S/C10H20N2/c1-9-7-11-5-6-12(8-9)10-3-2-4-10/h9-11H,2-8H2,1H3/t9-/m1/s1. The van der Waals surface area contributed by atoms with Crippen molar-refractivity contribution in [3.05, 3.63) is 0 Å². The van der Waals surface area contributed by atoms with E-state index in [0.29, 0.717) is 0 Å². The molecule has 0 aromatic rings. The Labute approximate surface area is 75.3 Å². The van der Waals surface area contributed by atoms with E-state index in [2.05, 4.69) is 17.1 Å². The lowest BCUT2D eigenvalue weighted by Crippen LogP contribution is -2.43. The molecule has 1 aliphatic heterocycles. The van der Waals surface area contributed by atoms with Gasteiger partial charge in [0.2, 0.25) is 0 Å². The maximum Gasteiger partial charge on any atom is 0.0110 e. The summed E-state index contributed by atoms with van der Waals surface area (Å²) < 4.78 is 0. The highest BCUT2D eigenvalue weighted by atomic mass is 15.2. The molecule has 0 unspecified atom stereocenters. The maximum atomic E-state index is 3.49. The molecule has 0 aromatic carbocycles. The monoisotopic (exact) mass is 168 g/mol. The molecule has 0 aromatic heterocycles. The van der Waals surface area contributed by atoms with Gasteiger partial charge in [0.05, 0.1) is 0 Å². The summed E-state index contributed by atoms with van der Waals surface area (Å²) in [4.78, 5) is 2.69. The molecule has 1 atom stereocenters. The highest BCUT2D eigenvalue weighted by molar-refractivity contribution is 4.83. The van der Waals surface area contributed by atoms with E-state index < -0.39 is 0 Å². The van der Waals surface area contributed by atoms with Gasteiger partial charge >= 0.3 is 0 Å². The van der Waals surface area contributed by atoms with Crippen molar-refractivity contribution < 1.29 is 0 Å². The fraction of sp³-hybridized carbons (Fsp3) is 1.00. The van der Waals surface area contributed by atoms with Crippen LogP contribution < -0.4 is 5.32 Å². The maximum absolute atomic E-state index is 3.49. The Morgan fingerprint density at radius 1 is 1.33 bits per heavy atom. The van der Waals surface area contributed by atoms with E-state index in [1.165, 1.54) is 45.4 Å². The predicted octanol–water partition coefficient (Wildman–Crippen LogP) is 1.08. The molecule has 2 nitrogen and oxygen atoms in total. The van der Waals surface area contributed by atoms with Crippen LogP contribution in [0.4, 0.5) is 0 Å². The minimum atomic E-state index is 0.841. The highest BCUT2D eigenvalue weighted by Gasteiger charge is 2.26. The fourth-order valence-corrected chi connectivity index (χ4v) is 2.21. The molecular weight excluding hydrogens is 148 g/mol. The summed E-state index contributed by atoms with van der Waals surface area (Å²) in [5.41, 5.74) is 0. The second kappa shape index (κ2) is 3.75. The minimum Gasteiger partial charge on any atom is -0.315 e. The third kappa shape index (κ3) is 1.80. The Balaban J connectivity index is 1.85. The third-order valence-corrected chi connectivity index (χ3v) is 3.21. The number of hydrogen-bond acceptors (Lipinski definition) is 2. The Morgan fingerprint density at radius 2 is 2.17 bits per heavy atom. The molecule has 0 amide bonds. The molecule has 2 fully saturated rings. The molecule has 1 aliphatic carbocycles. The first-order chi connectivity index (χ1) is 5.86. The van der Waals surface area contributed by atoms with E-state index in [-0.39, 0.29) is 0 Å². The molecule has 1 N–H and O–H groups in total. The van der Waals surface area contributed by atoms with Crippen LogP contribution in [-0.4, -0.2) is 37.1 Å². The van der Waals surface area contributed by atoms with E-state index in [0.717, 1.165) is 12.0 Å². The van der Waals surface area contributed by atoms with Crippen molar-refractivity contribution in [2.75, 3.05) is 26.2 Å². The SMILES string of the molecule is C[C@@H]1CNCCN(C2CCC2)C1. The van der Waals surface area contributed by atoms with Gasteiger partial charge in [0.1, 0.15) is 0 Å². The number of rotatable bonds is 1. The molecule has 12 heavy (non-hydrogen) atoms. The lowest BCUT2D eigenvalue weighted by molar-refractivity contribution is 0.123. The Kier molecular flexibility index (Phi) is 2.66. The molecule has 0 radical (unpaired) electrons. The second-order valence-electron chi connectivity index (χ2n) is 4.39. The van der Waals surface area contributed by atoms with Gasteiger partial charge in [0.25, 0.3) is 0 Å². The van der Waals surface area contributed by atoms with Crippen molar-refractivity contribution in [1.82, 2.24) is 10.2 Å². The predicted molar refractivity (Wildman–Crippen MR) is 51.2 cm³/mol. The summed E-state index contributed by atoms with van der Waals surface area (Å²) in [5.74, 6) is 0.841. The zero-order valence-electron chi connectivity index (χ0n) is 8.05. The highest BCUT2D eigenvalue weighted by Crippen LogP contribution is 2.25. The van der Waals surface area contributed by atoms with Gasteiger partial charge < -0.3 is 5.32 Å². The second-order valence-corrected chi connectivity index (χ2v) is 4.39. The van der Waals surface area contributed by atoms with Crippen molar-refractivity contribution in [3.63, 3.8) is 0 Å². The van der Waals surface area contributed by atoms with Gasteiger partial charge in [-0.1, -0.05) is 13.3 Å². The van der Waals surface area contributed by atoms with E-state index in [4.69, 9.17) is 0 Å². The summed E-state index contributed by atoms with van der Waals surface area (Å²) in [6.07, 6.45) is 4.36. The molecule has 1 saturated heterocycles. The molecule has 2 aliphatic rings. The van der Waals surface area contributed by atoms with E-state index in [9.17, 15) is 0 Å². The first kappa shape index (κ1) is 8.52. The number of hydrogen-bond donors (Lipinski definition) is 1. The molecule has 70 valence electrons. The van der Waals surface area contributed by atoms with Crippen LogP contribution in [0.15, 0.2) is 0 Å². The lowest BCUT2D eigenvalue weighted by atomic mass is 9.91. The van der Waals surface area contributed by atoms with Gasteiger partial charge in [-0.2, -0.15) is 0 Å². The Morgan fingerprint density at radius 3 is 2.83 bits per heavy atom. The van der Waals surface area contributed by atoms with Crippen molar-refractivity contribution in [2.24, 2.45) is 5.92 Å². The van der Waals surface area contributed by atoms with Crippen LogP contribution >= 0.6 is 0 Å². The minimum absolute atomic E-state index is 0.841. The van der Waals surface area contributed by atoms with Crippen molar-refractivity contribution in [3.8, 4) is 0 Å². The molecule has 0 spiro atoms. The first-order valence-corrected chi connectivity index (χ1v) is 5.31. The fourth-order valence-electron chi connectivity index (χ4n) is 2.21. The van der Waals surface area contributed by atoms with E-state index >= 15 is 0 Å². The van der Waals surface area contributed by atoms with E-state index in [1.807, 2.05) is 0 Å². The van der Waals surface area contributed by atoms with Gasteiger partial charge in [-0.3, -0.25) is 4.90 Å². The Bertz CT molecular complexity index is 143. The summed E-state index contributed by atoms with van der Waals surface area (Å²) in [6.45, 7) is 7.35. The first-order valence-electron chi connectivity index (χ1n) is 5.31. The number of nitrogens with one attached hydrogen (secondary N) is 1. The van der Waals surface area contributed by atoms with Crippen LogP contribution in [-0.2, 0) is 0 Å². The van der Waals surface area contributed by atoms with Crippen LogP contribution in [0.2, 0.25) is 0 Å². The average molecular weight is 168 g/mol. The smallest absolute Gasteiger partial charge is 0.0110 e. The van der Waals surface area contributed by atoms with E-state index in [1.54, 1.807) is 0 Å². The molecule has 2 heteroatoms. The zero-order valence-corrected chi connectivity index (χ0v) is 8.05.